The highest BCUT2D eigenvalue weighted by atomic mass is 33.1. The first-order chi connectivity index (χ1) is 31.4. The first-order valence-electron chi connectivity index (χ1n) is 21.9. The number of nitrogens with one attached hydrogen (secondary N) is 7. The van der Waals surface area contributed by atoms with Crippen molar-refractivity contribution in [2.24, 2.45) is 17.4 Å². The number of carbonyl (C=O) groups is 8. The molecule has 3 aromatic rings. The highest BCUT2D eigenvalue weighted by Gasteiger charge is 2.46. The third-order valence-electron chi connectivity index (χ3n) is 11.2. The van der Waals surface area contributed by atoms with Crippen molar-refractivity contribution < 1.29 is 53.7 Å². The minimum absolute atomic E-state index is 0.0420. The topological polar surface area (TPSA) is 337 Å². The van der Waals surface area contributed by atoms with Crippen LogP contribution in [-0.4, -0.2) is 126 Å². The molecule has 20 nitrogen and oxygen atoms in total. The number of phenolic OH excluding ortho intramolecular Hbond substituents is 1. The van der Waals surface area contributed by atoms with Crippen molar-refractivity contribution in [3.63, 3.8) is 0 Å². The lowest BCUT2D eigenvalue weighted by atomic mass is 9.98. The van der Waals surface area contributed by atoms with E-state index in [1.807, 2.05) is 18.2 Å². The number of hydrogen-bond acceptors (Lipinski definition) is 13. The van der Waals surface area contributed by atoms with Crippen molar-refractivity contribution in [3.05, 3.63) is 65.9 Å². The van der Waals surface area contributed by atoms with Crippen LogP contribution in [0.25, 0.3) is 10.9 Å². The van der Waals surface area contributed by atoms with Crippen LogP contribution in [0.5, 0.6) is 5.75 Å². The number of carboxylic acids is 2. The van der Waals surface area contributed by atoms with Crippen LogP contribution >= 0.6 is 21.6 Å². The number of aromatic amines is 1. The van der Waals surface area contributed by atoms with Gasteiger partial charge >= 0.3 is 11.9 Å². The van der Waals surface area contributed by atoms with Crippen LogP contribution < -0.4 is 43.4 Å². The number of fused-ring (bicyclic) bond motifs is 1. The summed E-state index contributed by atoms with van der Waals surface area (Å²) in [6.07, 6.45) is 1.51. The van der Waals surface area contributed by atoms with Crippen molar-refractivity contribution in [2.75, 3.05) is 6.54 Å². The predicted molar refractivity (Wildman–Crippen MR) is 254 cm³/mol. The summed E-state index contributed by atoms with van der Waals surface area (Å²) in [6.45, 7) is 9.83. The van der Waals surface area contributed by atoms with E-state index in [9.17, 15) is 53.7 Å². The summed E-state index contributed by atoms with van der Waals surface area (Å²) in [4.78, 5) is 113. The highest BCUT2D eigenvalue weighted by molar-refractivity contribution is 8.77. The molecule has 1 saturated heterocycles. The molecular formula is C45H63N9O11S2. The van der Waals surface area contributed by atoms with Gasteiger partial charge in [0.25, 0.3) is 0 Å². The number of H-pyrrole nitrogens is 1. The summed E-state index contributed by atoms with van der Waals surface area (Å²) in [6, 6.07) is 3.03. The molecule has 4 rings (SSSR count). The zero-order valence-electron chi connectivity index (χ0n) is 38.3. The van der Waals surface area contributed by atoms with E-state index in [1.165, 1.54) is 12.1 Å². The molecule has 6 amide bonds. The smallest absolute Gasteiger partial charge is 0.326 e. The van der Waals surface area contributed by atoms with E-state index >= 15 is 0 Å². The molecule has 1 aromatic heterocycles. The van der Waals surface area contributed by atoms with Gasteiger partial charge in [-0.1, -0.05) is 65.8 Å². The lowest BCUT2D eigenvalue weighted by molar-refractivity contribution is -0.143. The number of para-hydroxylation sites is 1. The monoisotopic (exact) mass is 969 g/mol. The Morgan fingerprint density at radius 2 is 1.36 bits per heavy atom. The molecule has 2 aromatic carbocycles. The summed E-state index contributed by atoms with van der Waals surface area (Å²) in [7, 11) is 2.03. The summed E-state index contributed by atoms with van der Waals surface area (Å²) >= 11 is 0. The number of carbonyl (C=O) groups excluding carboxylic acids is 6. The molecule has 67 heavy (non-hydrogen) atoms. The first kappa shape index (κ1) is 53.8. The molecule has 0 radical (unpaired) electrons. The largest absolute Gasteiger partial charge is 0.508 e. The molecule has 0 bridgehead atoms. The second kappa shape index (κ2) is 23.7. The summed E-state index contributed by atoms with van der Waals surface area (Å²) in [5.74, 6) is -8.51. The maximum Gasteiger partial charge on any atom is 0.326 e. The maximum atomic E-state index is 14.7. The van der Waals surface area contributed by atoms with E-state index in [1.54, 1.807) is 65.9 Å². The van der Waals surface area contributed by atoms with E-state index in [-0.39, 0.29) is 31.6 Å². The zero-order valence-corrected chi connectivity index (χ0v) is 40.0. The molecule has 14 N–H and O–H groups in total. The summed E-state index contributed by atoms with van der Waals surface area (Å²) < 4.78 is -2.75. The van der Waals surface area contributed by atoms with E-state index < -0.39 is 112 Å². The fourth-order valence-electron chi connectivity index (χ4n) is 7.31. The van der Waals surface area contributed by atoms with E-state index in [2.05, 4.69) is 36.9 Å². The number of benzene rings is 2. The molecular weight excluding hydrogens is 907 g/mol. The quantitative estimate of drug-likeness (QED) is 0.0709. The van der Waals surface area contributed by atoms with E-state index in [0.29, 0.717) is 24.0 Å². The Morgan fingerprint density at radius 1 is 0.776 bits per heavy atom. The average Bonchev–Trinajstić information content (AvgIpc) is 3.67. The Balaban J connectivity index is 1.91. The van der Waals surface area contributed by atoms with Crippen molar-refractivity contribution in [3.8, 4) is 5.75 Å². The van der Waals surface area contributed by atoms with E-state index in [4.69, 9.17) is 11.5 Å². The molecule has 2 heterocycles. The SMILES string of the molecule is CC(C)[C@H](NC(=O)[C@H]1NC(=O)[C@H](Cc2ccc(O)cc2)NC(=O)[C@H](CCCCN)NC(=O)[C@H](Cc2c[nH]c3ccccc23)NC(=O)[C@@H](NC(=O)[C@@H](N)CC(=O)O)C(C)(C)SSC1(C)C)C(=O)O. The van der Waals surface area contributed by atoms with Crippen LogP contribution in [0.15, 0.2) is 54.7 Å². The summed E-state index contributed by atoms with van der Waals surface area (Å²) in [5.41, 5.74) is 13.6. The Labute approximate surface area is 396 Å². The number of aromatic hydroxyl groups is 1. The minimum Gasteiger partial charge on any atom is -0.508 e. The Hall–Kier alpha value is -5.84. The van der Waals surface area contributed by atoms with Gasteiger partial charge in [0.2, 0.25) is 35.4 Å². The van der Waals surface area contributed by atoms with Gasteiger partial charge < -0.3 is 63.7 Å². The third-order valence-corrected chi connectivity index (χ3v) is 15.5. The van der Waals surface area contributed by atoms with Crippen molar-refractivity contribution in [2.45, 2.75) is 132 Å². The van der Waals surface area contributed by atoms with Crippen LogP contribution in [0.4, 0.5) is 0 Å². The molecule has 366 valence electrons. The second-order valence-corrected chi connectivity index (χ2v) is 21.4. The Morgan fingerprint density at radius 3 is 1.99 bits per heavy atom. The van der Waals surface area contributed by atoms with Crippen LogP contribution in [0, 0.1) is 5.92 Å². The molecule has 0 spiro atoms. The van der Waals surface area contributed by atoms with Crippen molar-refractivity contribution in [1.82, 2.24) is 36.9 Å². The fourth-order valence-corrected chi connectivity index (χ4v) is 10.1. The molecule has 1 fully saturated rings. The third kappa shape index (κ3) is 15.1. The summed E-state index contributed by atoms with van der Waals surface area (Å²) in [5, 5.41) is 46.4. The van der Waals surface area contributed by atoms with Gasteiger partial charge in [-0.3, -0.25) is 33.6 Å². The average molecular weight is 970 g/mol. The predicted octanol–water partition coefficient (Wildman–Crippen LogP) is 1.19. The van der Waals surface area contributed by atoms with Gasteiger partial charge in [-0.05, 0) is 88.7 Å². The molecule has 0 saturated carbocycles. The van der Waals surface area contributed by atoms with Crippen molar-refractivity contribution in [1.29, 1.82) is 0 Å². The minimum atomic E-state index is -1.58. The van der Waals surface area contributed by atoms with Crippen LogP contribution in [-0.2, 0) is 51.2 Å². The number of amides is 6. The van der Waals surface area contributed by atoms with Crippen molar-refractivity contribution >= 4 is 79.9 Å². The van der Waals surface area contributed by atoms with Crippen LogP contribution in [0.3, 0.4) is 0 Å². The molecule has 22 heteroatoms. The normalized spacial score (nSPS) is 22.6. The van der Waals surface area contributed by atoms with Gasteiger partial charge in [-0.2, -0.15) is 0 Å². The molecule has 7 atom stereocenters. The lowest BCUT2D eigenvalue weighted by Gasteiger charge is -2.39. The highest BCUT2D eigenvalue weighted by Crippen LogP contribution is 2.47. The van der Waals surface area contributed by atoms with Gasteiger partial charge in [0.15, 0.2) is 0 Å². The van der Waals surface area contributed by atoms with Gasteiger partial charge in [0.1, 0.15) is 42.0 Å². The lowest BCUT2D eigenvalue weighted by Crippen LogP contribution is -2.63. The van der Waals surface area contributed by atoms with Gasteiger partial charge in [0.05, 0.1) is 12.5 Å². The number of phenols is 1. The zero-order chi connectivity index (χ0) is 49.8. The molecule has 0 aliphatic carbocycles. The number of nitrogens with two attached hydrogens (primary N) is 2. The molecule has 1 aliphatic heterocycles. The number of unbranched alkanes of at least 4 members (excludes halogenated alkanes) is 1. The number of aromatic nitrogens is 1. The second-order valence-electron chi connectivity index (χ2n) is 17.9. The number of hydrogen-bond donors (Lipinski definition) is 12. The molecule has 1 aliphatic rings. The van der Waals surface area contributed by atoms with E-state index in [0.717, 1.165) is 32.5 Å². The van der Waals surface area contributed by atoms with Gasteiger partial charge in [-0.15, -0.1) is 0 Å². The first-order valence-corrected chi connectivity index (χ1v) is 24.0. The Kier molecular flexibility index (Phi) is 19.1. The Bertz CT molecular complexity index is 2270. The fraction of sp³-hybridized carbons (Fsp3) is 0.511. The van der Waals surface area contributed by atoms with Crippen LogP contribution in [0.2, 0.25) is 0 Å². The number of carboxylic acid groups (broad SMARTS) is 2. The standard InChI is InChI=1S/C45H63N9O11S2/c1-23(2)34(43(64)65)52-42(63)36-45(5,6)67-66-44(3,4)35(53-37(58)28(47)21-33(56)57)41(62)51-32(20-25-22-48-29-12-8-7-11-27(25)29)39(60)49-30(13-9-10-18-46)38(59)50-31(40(61)54-36)19-24-14-16-26(55)17-15-24/h7-8,11-12,14-17,22-23,28,30-32,34-36,48,55H,9-10,13,18-21,46-47H2,1-6H3,(H,49,60)(H,50,59)(H,51,62)(H,52,63)(H,53,58)(H,54,61)(H,56,57)(H,64,65)/t28-,30-,31-,32-,34-,35+,36+/m0/s1. The molecule has 0 unspecified atom stereocenters. The van der Waals surface area contributed by atoms with Gasteiger partial charge in [-0.25, -0.2) is 4.79 Å². The number of rotatable bonds is 16. The maximum absolute atomic E-state index is 14.7. The van der Waals surface area contributed by atoms with Gasteiger partial charge in [0, 0.05) is 39.4 Å². The van der Waals surface area contributed by atoms with Crippen LogP contribution in [0.1, 0.15) is 78.4 Å². The number of aliphatic carboxylic acids is 2.